The van der Waals surface area contributed by atoms with Gasteiger partial charge >= 0.3 is 6.18 Å². The second-order valence-electron chi connectivity index (χ2n) is 9.52. The summed E-state index contributed by atoms with van der Waals surface area (Å²) in [5.74, 6) is -0.823. The number of rotatable bonds is 9. The Bertz CT molecular complexity index is 846. The minimum Gasteiger partial charge on any atom is -0.301 e. The Morgan fingerprint density at radius 1 is 0.882 bits per heavy atom. The van der Waals surface area contributed by atoms with Gasteiger partial charge in [0.2, 0.25) is 0 Å². The Morgan fingerprint density at radius 2 is 1.44 bits per heavy atom. The summed E-state index contributed by atoms with van der Waals surface area (Å²) in [6.07, 6.45) is 1.03. The molecule has 0 amide bonds. The SMILES string of the molecule is CC#N.CC(C)N(CCCc1ccc(C2CCC(C(F)(F)F)CC2)cc1)CCc1ccccc1. The van der Waals surface area contributed by atoms with Crippen molar-refractivity contribution in [2.24, 2.45) is 5.92 Å². The van der Waals surface area contributed by atoms with E-state index in [9.17, 15) is 13.2 Å². The number of halogens is 3. The molecule has 1 saturated carbocycles. The molecule has 1 aliphatic carbocycles. The number of nitriles is 1. The third-order valence-corrected chi connectivity index (χ3v) is 6.81. The average Bonchev–Trinajstić information content (AvgIpc) is 2.82. The predicted octanol–water partition coefficient (Wildman–Crippen LogP) is 7.94. The fourth-order valence-electron chi connectivity index (χ4n) is 4.74. The molecule has 0 aliphatic heterocycles. The molecule has 5 heteroatoms. The fraction of sp³-hybridized carbons (Fsp3) is 0.552. The molecule has 34 heavy (non-hydrogen) atoms. The van der Waals surface area contributed by atoms with Crippen LogP contribution in [0.5, 0.6) is 0 Å². The van der Waals surface area contributed by atoms with Crippen molar-refractivity contribution in [1.82, 2.24) is 4.90 Å². The van der Waals surface area contributed by atoms with Crippen LogP contribution in [0.1, 0.15) is 75.5 Å². The first-order valence-corrected chi connectivity index (χ1v) is 12.5. The maximum atomic E-state index is 12.9. The Balaban J connectivity index is 0.00000129. The van der Waals surface area contributed by atoms with Crippen molar-refractivity contribution in [1.29, 1.82) is 5.26 Å². The van der Waals surface area contributed by atoms with Gasteiger partial charge in [0.25, 0.3) is 0 Å². The molecule has 3 rings (SSSR count). The van der Waals surface area contributed by atoms with Crippen molar-refractivity contribution < 1.29 is 13.2 Å². The van der Waals surface area contributed by atoms with E-state index in [0.29, 0.717) is 18.9 Å². The van der Waals surface area contributed by atoms with E-state index in [2.05, 4.69) is 73.3 Å². The number of hydrogen-bond donors (Lipinski definition) is 0. The number of benzene rings is 2. The molecule has 0 spiro atoms. The summed E-state index contributed by atoms with van der Waals surface area (Å²) in [5.41, 5.74) is 3.91. The van der Waals surface area contributed by atoms with E-state index in [-0.39, 0.29) is 18.8 Å². The maximum Gasteiger partial charge on any atom is 0.391 e. The first-order chi connectivity index (χ1) is 16.2. The highest BCUT2D eigenvalue weighted by atomic mass is 19.4. The lowest BCUT2D eigenvalue weighted by atomic mass is 9.78. The Kier molecular flexibility index (Phi) is 11.6. The van der Waals surface area contributed by atoms with Gasteiger partial charge in [-0.2, -0.15) is 18.4 Å². The molecule has 0 unspecified atom stereocenters. The van der Waals surface area contributed by atoms with Crippen molar-refractivity contribution in [3.05, 3.63) is 71.3 Å². The zero-order valence-electron chi connectivity index (χ0n) is 20.8. The summed E-state index contributed by atoms with van der Waals surface area (Å²) in [7, 11) is 0. The van der Waals surface area contributed by atoms with Crippen LogP contribution in [0, 0.1) is 17.2 Å². The number of aryl methyl sites for hydroxylation is 1. The van der Waals surface area contributed by atoms with Crippen molar-refractivity contribution in [3.8, 4) is 6.07 Å². The second kappa shape index (κ2) is 14.2. The Morgan fingerprint density at radius 3 is 1.97 bits per heavy atom. The van der Waals surface area contributed by atoms with Crippen LogP contribution in [0.25, 0.3) is 0 Å². The Labute approximate surface area is 203 Å². The van der Waals surface area contributed by atoms with Gasteiger partial charge < -0.3 is 4.90 Å². The van der Waals surface area contributed by atoms with Gasteiger partial charge in [-0.3, -0.25) is 0 Å². The molecule has 2 aromatic rings. The molecule has 0 heterocycles. The predicted molar refractivity (Wildman–Crippen MR) is 134 cm³/mol. The molecule has 0 saturated heterocycles. The molecule has 1 fully saturated rings. The van der Waals surface area contributed by atoms with Crippen molar-refractivity contribution >= 4 is 0 Å². The average molecular weight is 473 g/mol. The highest BCUT2D eigenvalue weighted by Gasteiger charge is 2.41. The minimum absolute atomic E-state index is 0.268. The third-order valence-electron chi connectivity index (χ3n) is 6.81. The molecule has 2 nitrogen and oxygen atoms in total. The quantitative estimate of drug-likeness (QED) is 0.370. The Hall–Kier alpha value is -2.32. The first kappa shape index (κ1) is 27.9. The van der Waals surface area contributed by atoms with Crippen LogP contribution in [0.4, 0.5) is 13.2 Å². The van der Waals surface area contributed by atoms with E-state index in [1.807, 2.05) is 0 Å². The molecule has 0 N–H and O–H groups in total. The summed E-state index contributed by atoms with van der Waals surface area (Å²) < 4.78 is 38.6. The van der Waals surface area contributed by atoms with Gasteiger partial charge in [0, 0.05) is 19.5 Å². The van der Waals surface area contributed by atoms with E-state index in [4.69, 9.17) is 5.26 Å². The molecule has 0 radical (unpaired) electrons. The van der Waals surface area contributed by atoms with Gasteiger partial charge in [-0.15, -0.1) is 0 Å². The van der Waals surface area contributed by atoms with Crippen LogP contribution >= 0.6 is 0 Å². The van der Waals surface area contributed by atoms with E-state index < -0.39 is 12.1 Å². The topological polar surface area (TPSA) is 27.0 Å². The van der Waals surface area contributed by atoms with E-state index in [0.717, 1.165) is 32.4 Å². The smallest absolute Gasteiger partial charge is 0.301 e. The van der Waals surface area contributed by atoms with E-state index >= 15 is 0 Å². The van der Waals surface area contributed by atoms with Crippen LogP contribution in [0.3, 0.4) is 0 Å². The van der Waals surface area contributed by atoms with Gasteiger partial charge in [-0.05, 0) is 87.9 Å². The van der Waals surface area contributed by atoms with Crippen LogP contribution < -0.4 is 0 Å². The molecule has 186 valence electrons. The van der Waals surface area contributed by atoms with Gasteiger partial charge in [0.05, 0.1) is 12.0 Å². The lowest BCUT2D eigenvalue weighted by Gasteiger charge is -2.30. The molecule has 0 aromatic heterocycles. The van der Waals surface area contributed by atoms with E-state index in [1.54, 1.807) is 6.07 Å². The zero-order valence-corrected chi connectivity index (χ0v) is 20.8. The largest absolute Gasteiger partial charge is 0.391 e. The van der Waals surface area contributed by atoms with Crippen LogP contribution in [0.15, 0.2) is 54.6 Å². The van der Waals surface area contributed by atoms with Gasteiger partial charge in [-0.25, -0.2) is 0 Å². The van der Waals surface area contributed by atoms with E-state index in [1.165, 1.54) is 23.6 Å². The second-order valence-corrected chi connectivity index (χ2v) is 9.52. The third kappa shape index (κ3) is 9.50. The zero-order chi connectivity index (χ0) is 25.0. The summed E-state index contributed by atoms with van der Waals surface area (Å²) in [5, 5.41) is 7.32. The number of nitrogens with zero attached hydrogens (tertiary/aromatic N) is 2. The number of alkyl halides is 3. The lowest BCUT2D eigenvalue weighted by molar-refractivity contribution is -0.182. The molecule has 1 aliphatic rings. The van der Waals surface area contributed by atoms with Crippen LogP contribution in [0.2, 0.25) is 0 Å². The van der Waals surface area contributed by atoms with Gasteiger partial charge in [0.15, 0.2) is 0 Å². The first-order valence-electron chi connectivity index (χ1n) is 12.5. The molecule has 0 bridgehead atoms. The maximum absolute atomic E-state index is 12.9. The lowest BCUT2D eigenvalue weighted by Crippen LogP contribution is -2.34. The van der Waals surface area contributed by atoms with Gasteiger partial charge in [-0.1, -0.05) is 54.6 Å². The highest BCUT2D eigenvalue weighted by Crippen LogP contribution is 2.42. The van der Waals surface area contributed by atoms with Crippen LogP contribution in [-0.2, 0) is 12.8 Å². The highest BCUT2D eigenvalue weighted by molar-refractivity contribution is 5.26. The minimum atomic E-state index is -4.03. The van der Waals surface area contributed by atoms with Crippen LogP contribution in [-0.4, -0.2) is 30.2 Å². The number of hydrogen-bond acceptors (Lipinski definition) is 2. The normalized spacial score (nSPS) is 18.3. The van der Waals surface area contributed by atoms with Crippen molar-refractivity contribution in [2.45, 2.75) is 83.9 Å². The molecular formula is C29H39F3N2. The summed E-state index contributed by atoms with van der Waals surface area (Å²) in [6.45, 7) is 8.09. The fourth-order valence-corrected chi connectivity index (χ4v) is 4.74. The molecular weight excluding hydrogens is 433 g/mol. The molecule has 0 atom stereocenters. The summed E-state index contributed by atoms with van der Waals surface area (Å²) in [6, 6.07) is 21.5. The van der Waals surface area contributed by atoms with Crippen molar-refractivity contribution in [2.75, 3.05) is 13.1 Å². The summed E-state index contributed by atoms with van der Waals surface area (Å²) >= 11 is 0. The monoisotopic (exact) mass is 472 g/mol. The standard InChI is InChI=1S/C27H36F3N.C2H3N/c1-21(2)31(20-18-22-7-4-3-5-8-22)19-6-9-23-10-12-24(13-11-23)25-14-16-26(17-15-25)27(28,29)30;1-2-3/h3-5,7-8,10-13,21,25-26H,6,9,14-20H2,1-2H3;1H3. The summed E-state index contributed by atoms with van der Waals surface area (Å²) in [4.78, 5) is 2.54. The van der Waals surface area contributed by atoms with Crippen molar-refractivity contribution in [3.63, 3.8) is 0 Å². The van der Waals surface area contributed by atoms with Gasteiger partial charge in [0.1, 0.15) is 0 Å². The molecule has 2 aromatic carbocycles.